The highest BCUT2D eigenvalue weighted by Crippen LogP contribution is 2.21. The van der Waals surface area contributed by atoms with Crippen LogP contribution in [0.5, 0.6) is 0 Å². The van der Waals surface area contributed by atoms with Crippen molar-refractivity contribution in [3.05, 3.63) is 16.6 Å². The van der Waals surface area contributed by atoms with Crippen molar-refractivity contribution < 1.29 is 9.90 Å². The molecular formula is C9H13N3O2S. The normalized spacial score (nSPS) is 27.0. The van der Waals surface area contributed by atoms with Crippen LogP contribution in [-0.4, -0.2) is 39.6 Å². The molecule has 0 spiro atoms. The lowest BCUT2D eigenvalue weighted by molar-refractivity contribution is -0.142. The van der Waals surface area contributed by atoms with E-state index in [-0.39, 0.29) is 0 Å². The zero-order valence-corrected chi connectivity index (χ0v) is 9.04. The molecule has 5 nitrogen and oxygen atoms in total. The molecule has 15 heavy (non-hydrogen) atoms. The van der Waals surface area contributed by atoms with E-state index in [0.717, 1.165) is 18.0 Å². The quantitative estimate of drug-likeness (QED) is 0.767. The highest BCUT2D eigenvalue weighted by atomic mass is 32.1. The summed E-state index contributed by atoms with van der Waals surface area (Å²) in [6.07, 6.45) is 2.32. The zero-order valence-electron chi connectivity index (χ0n) is 8.22. The summed E-state index contributed by atoms with van der Waals surface area (Å²) in [4.78, 5) is 18.1. The summed E-state index contributed by atoms with van der Waals surface area (Å²) in [7, 11) is 0. The summed E-state index contributed by atoms with van der Waals surface area (Å²) in [5.74, 6) is -0.908. The molecule has 1 unspecified atom stereocenters. The van der Waals surface area contributed by atoms with Crippen LogP contribution in [0.2, 0.25) is 0 Å². The van der Waals surface area contributed by atoms with Gasteiger partial charge in [-0.2, -0.15) is 0 Å². The van der Waals surface area contributed by atoms with Crippen LogP contribution in [0.1, 0.15) is 11.3 Å². The summed E-state index contributed by atoms with van der Waals surface area (Å²) in [5.41, 5.74) is 6.48. The fraction of sp³-hybridized carbons (Fsp3) is 0.556. The van der Waals surface area contributed by atoms with Gasteiger partial charge in [-0.3, -0.25) is 14.7 Å². The predicted molar refractivity (Wildman–Crippen MR) is 56.6 cm³/mol. The lowest BCUT2D eigenvalue weighted by Gasteiger charge is -2.19. The highest BCUT2D eigenvalue weighted by Gasteiger charge is 2.41. The summed E-state index contributed by atoms with van der Waals surface area (Å²) in [5, 5.41) is 8.95. The Bertz CT molecular complexity index is 354. The molecule has 6 heteroatoms. The minimum absolute atomic E-state index is 0.417. The number of aromatic nitrogens is 1. The van der Waals surface area contributed by atoms with E-state index < -0.39 is 11.5 Å². The van der Waals surface area contributed by atoms with E-state index in [2.05, 4.69) is 9.88 Å². The van der Waals surface area contributed by atoms with Gasteiger partial charge in [0.1, 0.15) is 5.54 Å². The van der Waals surface area contributed by atoms with Gasteiger partial charge in [-0.25, -0.2) is 0 Å². The summed E-state index contributed by atoms with van der Waals surface area (Å²) < 4.78 is 0. The average molecular weight is 227 g/mol. The third-order valence-corrected chi connectivity index (χ3v) is 3.43. The van der Waals surface area contributed by atoms with E-state index in [0.29, 0.717) is 13.0 Å². The molecule has 0 radical (unpaired) electrons. The van der Waals surface area contributed by atoms with Gasteiger partial charge < -0.3 is 10.8 Å². The molecule has 1 aromatic heterocycles. The largest absolute Gasteiger partial charge is 0.480 e. The maximum atomic E-state index is 10.9. The Morgan fingerprint density at radius 1 is 1.80 bits per heavy atom. The summed E-state index contributed by atoms with van der Waals surface area (Å²) >= 11 is 1.58. The molecule has 0 amide bonds. The molecule has 0 aromatic carbocycles. The number of hydrogen-bond acceptors (Lipinski definition) is 5. The smallest absolute Gasteiger partial charge is 0.325 e. The molecule has 1 fully saturated rings. The molecule has 1 saturated heterocycles. The Labute approximate surface area is 91.5 Å². The molecule has 3 N–H and O–H groups in total. The number of aliphatic carboxylic acids is 1. The second-order valence-corrected chi connectivity index (χ2v) is 4.86. The van der Waals surface area contributed by atoms with E-state index in [1.54, 1.807) is 16.8 Å². The van der Waals surface area contributed by atoms with Crippen molar-refractivity contribution in [2.24, 2.45) is 5.73 Å². The molecule has 0 bridgehead atoms. The summed E-state index contributed by atoms with van der Waals surface area (Å²) in [6.45, 7) is 1.90. The lowest BCUT2D eigenvalue weighted by Crippen LogP contribution is -2.49. The minimum Gasteiger partial charge on any atom is -0.480 e. The number of rotatable bonds is 3. The van der Waals surface area contributed by atoms with Gasteiger partial charge in [-0.15, -0.1) is 11.3 Å². The van der Waals surface area contributed by atoms with Gasteiger partial charge in [-0.1, -0.05) is 0 Å². The van der Waals surface area contributed by atoms with Crippen LogP contribution in [0.4, 0.5) is 0 Å². The predicted octanol–water partition coefficient (Wildman–Crippen LogP) is 0.131. The molecule has 2 rings (SSSR count). The van der Waals surface area contributed by atoms with Crippen LogP contribution in [0.3, 0.4) is 0 Å². The van der Waals surface area contributed by atoms with E-state index >= 15 is 0 Å². The van der Waals surface area contributed by atoms with Crippen molar-refractivity contribution >= 4 is 17.3 Å². The molecule has 1 atom stereocenters. The minimum atomic E-state index is -1.06. The number of nitrogens with two attached hydrogens (primary N) is 1. The highest BCUT2D eigenvalue weighted by molar-refractivity contribution is 7.09. The number of likely N-dealkylation sites (tertiary alicyclic amines) is 1. The number of nitrogens with zero attached hydrogens (tertiary/aromatic N) is 2. The Morgan fingerprint density at radius 2 is 2.60 bits per heavy atom. The number of carboxylic acid groups (broad SMARTS) is 1. The fourth-order valence-electron chi connectivity index (χ4n) is 1.76. The molecule has 1 aromatic rings. The van der Waals surface area contributed by atoms with Crippen LogP contribution in [0.25, 0.3) is 0 Å². The molecule has 1 aliphatic rings. The van der Waals surface area contributed by atoms with E-state index in [4.69, 9.17) is 10.8 Å². The monoisotopic (exact) mass is 227 g/mol. The van der Waals surface area contributed by atoms with Gasteiger partial charge in [0.2, 0.25) is 0 Å². The first-order chi connectivity index (χ1) is 7.10. The van der Waals surface area contributed by atoms with E-state index in [9.17, 15) is 4.79 Å². The SMILES string of the molecule is NC1(C(=O)O)CCN(Cc2cncs2)C1. The first kappa shape index (κ1) is 10.5. The maximum absolute atomic E-state index is 10.9. The number of carbonyl (C=O) groups is 1. The van der Waals surface area contributed by atoms with Crippen molar-refractivity contribution in [1.29, 1.82) is 0 Å². The molecular weight excluding hydrogens is 214 g/mol. The van der Waals surface area contributed by atoms with Gasteiger partial charge in [0, 0.05) is 30.7 Å². The summed E-state index contributed by atoms with van der Waals surface area (Å²) in [6, 6.07) is 0. The van der Waals surface area contributed by atoms with Gasteiger partial charge in [0.15, 0.2) is 0 Å². The Morgan fingerprint density at radius 3 is 3.13 bits per heavy atom. The Hall–Kier alpha value is -0.980. The average Bonchev–Trinajstić information content (AvgIpc) is 2.77. The lowest BCUT2D eigenvalue weighted by atomic mass is 10.0. The van der Waals surface area contributed by atoms with Gasteiger partial charge >= 0.3 is 5.97 Å². The van der Waals surface area contributed by atoms with Crippen molar-refractivity contribution in [2.45, 2.75) is 18.5 Å². The standard InChI is InChI=1S/C9H13N3O2S/c10-9(8(13)14)1-2-12(5-9)4-7-3-11-6-15-7/h3,6H,1-2,4-5,10H2,(H,13,14). The fourth-order valence-corrected chi connectivity index (χ4v) is 2.40. The van der Waals surface area contributed by atoms with Crippen molar-refractivity contribution in [2.75, 3.05) is 13.1 Å². The third kappa shape index (κ3) is 2.17. The molecule has 0 aliphatic carbocycles. The van der Waals surface area contributed by atoms with Gasteiger partial charge in [0.05, 0.1) is 5.51 Å². The van der Waals surface area contributed by atoms with Crippen LogP contribution < -0.4 is 5.73 Å². The van der Waals surface area contributed by atoms with E-state index in [1.165, 1.54) is 0 Å². The van der Waals surface area contributed by atoms with E-state index in [1.807, 2.05) is 6.20 Å². The Kier molecular flexibility index (Phi) is 2.72. The van der Waals surface area contributed by atoms with Crippen molar-refractivity contribution in [3.8, 4) is 0 Å². The second-order valence-electron chi connectivity index (χ2n) is 3.89. The van der Waals surface area contributed by atoms with Crippen molar-refractivity contribution in [1.82, 2.24) is 9.88 Å². The number of carboxylic acids is 1. The van der Waals surface area contributed by atoms with Crippen LogP contribution in [-0.2, 0) is 11.3 Å². The van der Waals surface area contributed by atoms with Gasteiger partial charge in [0.25, 0.3) is 0 Å². The Balaban J connectivity index is 1.96. The molecule has 1 aliphatic heterocycles. The molecule has 82 valence electrons. The van der Waals surface area contributed by atoms with Crippen molar-refractivity contribution in [3.63, 3.8) is 0 Å². The first-order valence-corrected chi connectivity index (χ1v) is 5.60. The first-order valence-electron chi connectivity index (χ1n) is 4.72. The zero-order chi connectivity index (χ0) is 10.9. The number of thiazole rings is 1. The van der Waals surface area contributed by atoms with Crippen LogP contribution >= 0.6 is 11.3 Å². The maximum Gasteiger partial charge on any atom is 0.325 e. The third-order valence-electron chi connectivity index (χ3n) is 2.67. The molecule has 0 saturated carbocycles. The second kappa shape index (κ2) is 3.88. The van der Waals surface area contributed by atoms with Crippen LogP contribution in [0, 0.1) is 0 Å². The number of hydrogen-bond donors (Lipinski definition) is 2. The molecule has 2 heterocycles. The van der Waals surface area contributed by atoms with Gasteiger partial charge in [-0.05, 0) is 6.42 Å². The topological polar surface area (TPSA) is 79.5 Å². The van der Waals surface area contributed by atoms with Crippen LogP contribution in [0.15, 0.2) is 11.7 Å².